The minimum Gasteiger partial charge on any atom is -0.444 e. The van der Waals surface area contributed by atoms with E-state index in [1.165, 1.54) is 0 Å². The number of likely N-dealkylation sites (tertiary alicyclic amines) is 1. The number of carbonyl (C=O) groups is 2. The summed E-state index contributed by atoms with van der Waals surface area (Å²) in [5, 5.41) is 9.35. The molecular weight excluding hydrogens is 234 g/mol. The van der Waals surface area contributed by atoms with Crippen LogP contribution in [0.15, 0.2) is 0 Å². The molecule has 0 saturated carbocycles. The molecule has 5 heteroatoms. The van der Waals surface area contributed by atoms with E-state index in [1.54, 1.807) is 11.8 Å². The topological polar surface area (TPSA) is 66.8 Å². The molecule has 1 aliphatic rings. The van der Waals surface area contributed by atoms with Gasteiger partial charge >= 0.3 is 6.09 Å². The fraction of sp³-hybridized carbons (Fsp3) is 0.846. The van der Waals surface area contributed by atoms with E-state index in [0.717, 1.165) is 0 Å². The van der Waals surface area contributed by atoms with Gasteiger partial charge in [0.15, 0.2) is 0 Å². The molecule has 1 aliphatic heterocycles. The molecule has 0 aromatic heterocycles. The highest BCUT2D eigenvalue weighted by Crippen LogP contribution is 2.20. The molecule has 2 atom stereocenters. The average molecular weight is 257 g/mol. The van der Waals surface area contributed by atoms with Crippen LogP contribution in [0.25, 0.3) is 0 Å². The maximum absolute atomic E-state index is 11.9. The summed E-state index contributed by atoms with van der Waals surface area (Å²) in [5.74, 6) is -0.151. The number of nitrogens with zero attached hydrogens (tertiary/aromatic N) is 1. The molecule has 5 nitrogen and oxygen atoms in total. The van der Waals surface area contributed by atoms with Crippen LogP contribution in [0.4, 0.5) is 4.79 Å². The molecule has 1 N–H and O–H groups in total. The fourth-order valence-corrected chi connectivity index (χ4v) is 2.02. The molecule has 0 radical (unpaired) electrons. The van der Waals surface area contributed by atoms with Gasteiger partial charge in [-0.05, 0) is 34.1 Å². The van der Waals surface area contributed by atoms with E-state index < -0.39 is 11.7 Å². The summed E-state index contributed by atoms with van der Waals surface area (Å²) in [4.78, 5) is 25.1. The van der Waals surface area contributed by atoms with Gasteiger partial charge in [-0.15, -0.1) is 0 Å². The Kier molecular flexibility index (Phi) is 4.73. The minimum atomic E-state index is -0.530. The van der Waals surface area contributed by atoms with Crippen molar-refractivity contribution in [3.8, 4) is 0 Å². The Morgan fingerprint density at radius 1 is 1.56 bits per heavy atom. The van der Waals surface area contributed by atoms with Gasteiger partial charge in [-0.2, -0.15) is 0 Å². The molecule has 1 heterocycles. The minimum absolute atomic E-state index is 0.121. The molecule has 1 rings (SSSR count). The van der Waals surface area contributed by atoms with Crippen LogP contribution >= 0.6 is 0 Å². The Bertz CT molecular complexity index is 319. The van der Waals surface area contributed by atoms with E-state index in [4.69, 9.17) is 4.74 Å². The van der Waals surface area contributed by atoms with Gasteiger partial charge < -0.3 is 14.7 Å². The van der Waals surface area contributed by atoms with Crippen molar-refractivity contribution in [3.05, 3.63) is 0 Å². The first-order valence-corrected chi connectivity index (χ1v) is 6.38. The second-order valence-corrected chi connectivity index (χ2v) is 5.92. The normalized spacial score (nSPS) is 22.8. The number of Topliss-reactive ketones (excluding diaryl/α,β-unsaturated/α-hetero) is 1. The first-order valence-electron chi connectivity index (χ1n) is 6.38. The smallest absolute Gasteiger partial charge is 0.410 e. The largest absolute Gasteiger partial charge is 0.444 e. The molecule has 1 fully saturated rings. The van der Waals surface area contributed by atoms with Crippen molar-refractivity contribution in [2.45, 2.75) is 52.2 Å². The maximum Gasteiger partial charge on any atom is 0.410 e. The van der Waals surface area contributed by atoms with Crippen LogP contribution in [0.1, 0.15) is 40.5 Å². The Balaban J connectivity index is 2.58. The summed E-state index contributed by atoms with van der Waals surface area (Å²) in [7, 11) is 0. The van der Waals surface area contributed by atoms with Gasteiger partial charge in [0, 0.05) is 25.4 Å². The van der Waals surface area contributed by atoms with Gasteiger partial charge in [-0.3, -0.25) is 4.79 Å². The SMILES string of the molecule is CC(O)CC1CN(C(=O)OC(C)(C)C)CCC1=O. The monoisotopic (exact) mass is 257 g/mol. The number of ether oxygens (including phenoxy) is 1. The molecule has 0 aromatic rings. The molecule has 0 aromatic carbocycles. The van der Waals surface area contributed by atoms with Gasteiger partial charge in [0.05, 0.1) is 6.10 Å². The second kappa shape index (κ2) is 5.69. The maximum atomic E-state index is 11.9. The standard InChI is InChI=1S/C13H23NO4/c1-9(15)7-10-8-14(6-5-11(10)16)12(17)18-13(2,3)4/h9-10,15H,5-8H2,1-4H3. The van der Waals surface area contributed by atoms with E-state index in [9.17, 15) is 14.7 Å². The van der Waals surface area contributed by atoms with Crippen LogP contribution in [0, 0.1) is 5.92 Å². The van der Waals surface area contributed by atoms with Crippen molar-refractivity contribution in [1.82, 2.24) is 4.90 Å². The number of amides is 1. The number of rotatable bonds is 2. The second-order valence-electron chi connectivity index (χ2n) is 5.92. The lowest BCUT2D eigenvalue weighted by molar-refractivity contribution is -0.127. The van der Waals surface area contributed by atoms with Gasteiger partial charge in [-0.1, -0.05) is 0 Å². The summed E-state index contributed by atoms with van der Waals surface area (Å²) in [6, 6.07) is 0. The fourth-order valence-electron chi connectivity index (χ4n) is 2.02. The number of ketones is 1. The number of aliphatic hydroxyl groups excluding tert-OH is 1. The van der Waals surface area contributed by atoms with Crippen molar-refractivity contribution in [1.29, 1.82) is 0 Å². The average Bonchev–Trinajstić information content (AvgIpc) is 2.17. The Hall–Kier alpha value is -1.10. The Morgan fingerprint density at radius 3 is 2.67 bits per heavy atom. The molecule has 0 spiro atoms. The van der Waals surface area contributed by atoms with Crippen LogP contribution < -0.4 is 0 Å². The van der Waals surface area contributed by atoms with Crippen molar-refractivity contribution < 1.29 is 19.4 Å². The third kappa shape index (κ3) is 4.64. The van der Waals surface area contributed by atoms with Crippen LogP contribution in [0.3, 0.4) is 0 Å². The van der Waals surface area contributed by atoms with Crippen LogP contribution in [0.5, 0.6) is 0 Å². The van der Waals surface area contributed by atoms with Crippen LogP contribution in [0.2, 0.25) is 0 Å². The van der Waals surface area contributed by atoms with E-state index in [0.29, 0.717) is 25.9 Å². The Labute approximate surface area is 108 Å². The number of aliphatic hydroxyl groups is 1. The molecule has 104 valence electrons. The van der Waals surface area contributed by atoms with Crippen LogP contribution in [-0.2, 0) is 9.53 Å². The molecule has 0 aliphatic carbocycles. The number of carbonyl (C=O) groups excluding carboxylic acids is 2. The van der Waals surface area contributed by atoms with Crippen molar-refractivity contribution in [3.63, 3.8) is 0 Å². The number of piperidine rings is 1. The van der Waals surface area contributed by atoms with Gasteiger partial charge in [-0.25, -0.2) is 4.79 Å². The molecule has 1 saturated heterocycles. The first-order chi connectivity index (χ1) is 8.19. The zero-order valence-corrected chi connectivity index (χ0v) is 11.6. The summed E-state index contributed by atoms with van der Waals surface area (Å²) in [6.45, 7) is 7.84. The third-order valence-corrected chi connectivity index (χ3v) is 2.80. The predicted molar refractivity (Wildman–Crippen MR) is 67.2 cm³/mol. The van der Waals surface area contributed by atoms with Crippen molar-refractivity contribution in [2.75, 3.05) is 13.1 Å². The lowest BCUT2D eigenvalue weighted by Gasteiger charge is -2.33. The zero-order chi connectivity index (χ0) is 13.9. The number of hydrogen-bond acceptors (Lipinski definition) is 4. The lowest BCUT2D eigenvalue weighted by Crippen LogP contribution is -2.46. The third-order valence-electron chi connectivity index (χ3n) is 2.80. The highest BCUT2D eigenvalue weighted by Gasteiger charge is 2.32. The number of hydrogen-bond donors (Lipinski definition) is 1. The highest BCUT2D eigenvalue weighted by atomic mass is 16.6. The summed E-state index contributed by atoms with van der Waals surface area (Å²) >= 11 is 0. The predicted octanol–water partition coefficient (Wildman–Crippen LogP) is 1.58. The van der Waals surface area contributed by atoms with Gasteiger partial charge in [0.1, 0.15) is 11.4 Å². The van der Waals surface area contributed by atoms with Crippen molar-refractivity contribution >= 4 is 11.9 Å². The summed E-state index contributed by atoms with van der Waals surface area (Å²) in [6.07, 6.45) is -0.169. The van der Waals surface area contributed by atoms with Crippen molar-refractivity contribution in [2.24, 2.45) is 5.92 Å². The first kappa shape index (κ1) is 15.0. The molecule has 2 unspecified atom stereocenters. The summed E-state index contributed by atoms with van der Waals surface area (Å²) in [5.41, 5.74) is -0.529. The summed E-state index contributed by atoms with van der Waals surface area (Å²) < 4.78 is 5.28. The Morgan fingerprint density at radius 2 is 2.17 bits per heavy atom. The van der Waals surface area contributed by atoms with Crippen LogP contribution in [-0.4, -0.2) is 46.7 Å². The van der Waals surface area contributed by atoms with E-state index in [-0.39, 0.29) is 17.8 Å². The molecular formula is C13H23NO4. The molecule has 18 heavy (non-hydrogen) atoms. The molecule has 1 amide bonds. The van der Waals surface area contributed by atoms with Gasteiger partial charge in [0.25, 0.3) is 0 Å². The van der Waals surface area contributed by atoms with E-state index in [2.05, 4.69) is 0 Å². The lowest BCUT2D eigenvalue weighted by atomic mass is 9.91. The van der Waals surface area contributed by atoms with E-state index >= 15 is 0 Å². The zero-order valence-electron chi connectivity index (χ0n) is 11.6. The van der Waals surface area contributed by atoms with E-state index in [1.807, 2.05) is 20.8 Å². The quantitative estimate of drug-likeness (QED) is 0.815. The van der Waals surface area contributed by atoms with Gasteiger partial charge in [0.2, 0.25) is 0 Å². The molecule has 0 bridgehead atoms. The highest BCUT2D eigenvalue weighted by molar-refractivity contribution is 5.84.